The van der Waals surface area contributed by atoms with Gasteiger partial charge in [-0.15, -0.1) is 19.8 Å². The Morgan fingerprint density at radius 1 is 1.20 bits per heavy atom. The number of ether oxygens (including phenoxy) is 3. The predicted octanol–water partition coefficient (Wildman–Crippen LogP) is 4.14. The molecule has 1 aliphatic heterocycles. The van der Waals surface area contributed by atoms with Crippen LogP contribution in [-0.2, 0) is 16.1 Å². The number of aliphatic hydroxyl groups excluding tert-OH is 1. The molecule has 0 saturated heterocycles. The maximum absolute atomic E-state index is 13.2. The van der Waals surface area contributed by atoms with E-state index in [9.17, 15) is 18.0 Å². The number of hydrogen-bond acceptors (Lipinski definition) is 6. The molecular formula is C25H27F3N2O5. The Labute approximate surface area is 201 Å². The molecule has 0 aromatic heterocycles. The van der Waals surface area contributed by atoms with Gasteiger partial charge < -0.3 is 24.6 Å². The van der Waals surface area contributed by atoms with E-state index in [-0.39, 0.29) is 31.2 Å². The molecule has 0 spiro atoms. The predicted molar refractivity (Wildman–Crippen MR) is 123 cm³/mol. The quantitative estimate of drug-likeness (QED) is 0.364. The number of aliphatic hydroxyl groups is 1. The van der Waals surface area contributed by atoms with E-state index in [1.165, 1.54) is 24.3 Å². The van der Waals surface area contributed by atoms with Gasteiger partial charge in [-0.3, -0.25) is 4.79 Å². The first kappa shape index (κ1) is 26.1. The van der Waals surface area contributed by atoms with Gasteiger partial charge in [0.25, 0.3) is 5.91 Å². The molecule has 35 heavy (non-hydrogen) atoms. The lowest BCUT2D eigenvalue weighted by molar-refractivity contribution is -0.274. The van der Waals surface area contributed by atoms with Crippen molar-refractivity contribution in [3.05, 3.63) is 72.3 Å². The number of halogens is 3. The number of alkyl halides is 3. The average Bonchev–Trinajstić information content (AvgIpc) is 3.15. The average molecular weight is 492 g/mol. The molecule has 10 heteroatoms. The van der Waals surface area contributed by atoms with Crippen LogP contribution >= 0.6 is 0 Å². The Morgan fingerprint density at radius 3 is 2.46 bits per heavy atom. The summed E-state index contributed by atoms with van der Waals surface area (Å²) >= 11 is 0. The molecule has 0 saturated carbocycles. The van der Waals surface area contributed by atoms with Crippen molar-refractivity contribution >= 4 is 11.8 Å². The maximum atomic E-state index is 13.2. The van der Waals surface area contributed by atoms with Crippen molar-refractivity contribution in [2.75, 3.05) is 13.2 Å². The minimum Gasteiger partial charge on any atom is -0.494 e. The molecule has 2 aromatic carbocycles. The number of nitrogens with zero attached hydrogens (tertiary/aromatic N) is 1. The van der Waals surface area contributed by atoms with Gasteiger partial charge in [-0.1, -0.05) is 18.2 Å². The monoisotopic (exact) mass is 492 g/mol. The third-order valence-electron chi connectivity index (χ3n) is 5.39. The molecule has 2 N–H and O–H groups in total. The first-order valence-corrected chi connectivity index (χ1v) is 11.0. The smallest absolute Gasteiger partial charge is 0.494 e. The summed E-state index contributed by atoms with van der Waals surface area (Å²) in [6.07, 6.45) is -3.01. The van der Waals surface area contributed by atoms with Gasteiger partial charge in [-0.05, 0) is 48.9 Å². The van der Waals surface area contributed by atoms with Gasteiger partial charge in [0.15, 0.2) is 5.54 Å². The van der Waals surface area contributed by atoms with Crippen molar-refractivity contribution in [1.29, 1.82) is 0 Å². The van der Waals surface area contributed by atoms with E-state index in [1.54, 1.807) is 37.3 Å². The van der Waals surface area contributed by atoms with Gasteiger partial charge in [0.1, 0.15) is 17.6 Å². The second-order valence-electron chi connectivity index (χ2n) is 7.92. The molecular weight excluding hydrogens is 465 g/mol. The van der Waals surface area contributed by atoms with E-state index >= 15 is 0 Å². The summed E-state index contributed by atoms with van der Waals surface area (Å²) in [4.78, 5) is 17.8. The summed E-state index contributed by atoms with van der Waals surface area (Å²) in [6, 6.07) is 12.3. The molecule has 7 nitrogen and oxygen atoms in total. The van der Waals surface area contributed by atoms with Gasteiger partial charge in [-0.25, -0.2) is 4.99 Å². The molecule has 2 atom stereocenters. The van der Waals surface area contributed by atoms with Crippen molar-refractivity contribution < 1.29 is 37.3 Å². The number of aliphatic imine (C=N–C) groups is 1. The summed E-state index contributed by atoms with van der Waals surface area (Å²) < 4.78 is 52.3. The van der Waals surface area contributed by atoms with E-state index in [0.29, 0.717) is 35.8 Å². The largest absolute Gasteiger partial charge is 0.573 e. The fourth-order valence-corrected chi connectivity index (χ4v) is 3.55. The minimum absolute atomic E-state index is 0.0475. The van der Waals surface area contributed by atoms with Crippen molar-refractivity contribution in [2.45, 2.75) is 44.3 Å². The van der Waals surface area contributed by atoms with Gasteiger partial charge in [0.2, 0.25) is 5.90 Å². The lowest BCUT2D eigenvalue weighted by Gasteiger charge is -2.26. The Balaban J connectivity index is 1.70. The molecule has 3 rings (SSSR count). The molecule has 0 aliphatic carbocycles. The molecule has 1 heterocycles. The number of nitrogens with one attached hydrogen (secondary N) is 1. The number of amides is 1. The highest BCUT2D eigenvalue weighted by atomic mass is 19.4. The van der Waals surface area contributed by atoms with Crippen LogP contribution in [0, 0.1) is 0 Å². The normalized spacial score (nSPS) is 19.5. The molecule has 188 valence electrons. The summed E-state index contributed by atoms with van der Waals surface area (Å²) in [5.74, 6) is 0.215. The Morgan fingerprint density at radius 2 is 1.86 bits per heavy atom. The van der Waals surface area contributed by atoms with E-state index in [2.05, 4.69) is 21.6 Å². The standard InChI is InChI=1S/C25H27F3N2O5/c1-3-13-24(23(32)29-16-18-5-9-21(10-6-18)35-25(26,27)28)17(2)34-22(30-24)19-7-11-20(12-8-19)33-15-4-14-31/h3,5-12,17,31H,1,4,13-16H2,2H3,(H,29,32)/t17-,24-/m1/s1. The van der Waals surface area contributed by atoms with Crippen LogP contribution in [0.15, 0.2) is 66.2 Å². The lowest BCUT2D eigenvalue weighted by atomic mass is 9.89. The summed E-state index contributed by atoms with van der Waals surface area (Å²) in [7, 11) is 0. The number of hydrogen-bond donors (Lipinski definition) is 2. The maximum Gasteiger partial charge on any atom is 0.573 e. The van der Waals surface area contributed by atoms with Crippen LogP contribution < -0.4 is 14.8 Å². The Kier molecular flexibility index (Phi) is 8.39. The highest BCUT2D eigenvalue weighted by Crippen LogP contribution is 2.33. The van der Waals surface area contributed by atoms with Gasteiger partial charge in [0, 0.05) is 31.6 Å². The SMILES string of the molecule is C=CC[C@@]1(C(=O)NCc2ccc(OC(F)(F)F)cc2)N=C(c2ccc(OCCCO)cc2)O[C@@H]1C. The summed E-state index contributed by atoms with van der Waals surface area (Å²) in [6.45, 7) is 6.01. The Bertz CT molecular complexity index is 1040. The van der Waals surface area contributed by atoms with Crippen LogP contribution in [0.1, 0.15) is 30.9 Å². The summed E-state index contributed by atoms with van der Waals surface area (Å²) in [5, 5.41) is 11.6. The molecule has 1 amide bonds. The highest BCUT2D eigenvalue weighted by molar-refractivity contribution is 6.00. The lowest BCUT2D eigenvalue weighted by Crippen LogP contribution is -2.50. The topological polar surface area (TPSA) is 89.4 Å². The molecule has 0 fully saturated rings. The van der Waals surface area contributed by atoms with Crippen LogP contribution in [0.5, 0.6) is 11.5 Å². The molecule has 0 radical (unpaired) electrons. The zero-order chi connectivity index (χ0) is 25.5. The number of carbonyl (C=O) groups excluding carboxylic acids is 1. The third kappa shape index (κ3) is 6.75. The second kappa shape index (κ2) is 11.3. The Hall–Kier alpha value is -3.53. The van der Waals surface area contributed by atoms with Crippen LogP contribution in [0.2, 0.25) is 0 Å². The van der Waals surface area contributed by atoms with E-state index in [1.807, 2.05) is 0 Å². The van der Waals surface area contributed by atoms with Crippen molar-refractivity contribution in [2.24, 2.45) is 4.99 Å². The van der Waals surface area contributed by atoms with E-state index in [0.717, 1.165) is 0 Å². The molecule has 2 aromatic rings. The third-order valence-corrected chi connectivity index (χ3v) is 5.39. The van der Waals surface area contributed by atoms with E-state index in [4.69, 9.17) is 14.6 Å². The van der Waals surface area contributed by atoms with Crippen molar-refractivity contribution in [3.63, 3.8) is 0 Å². The fourth-order valence-electron chi connectivity index (χ4n) is 3.55. The molecule has 1 aliphatic rings. The zero-order valence-electron chi connectivity index (χ0n) is 19.2. The van der Waals surface area contributed by atoms with Gasteiger partial charge in [0.05, 0.1) is 6.61 Å². The van der Waals surface area contributed by atoms with Gasteiger partial charge >= 0.3 is 6.36 Å². The van der Waals surface area contributed by atoms with Crippen molar-refractivity contribution in [1.82, 2.24) is 5.32 Å². The van der Waals surface area contributed by atoms with Crippen LogP contribution in [-0.4, -0.2) is 48.1 Å². The zero-order valence-corrected chi connectivity index (χ0v) is 19.2. The van der Waals surface area contributed by atoms with Crippen LogP contribution in [0.3, 0.4) is 0 Å². The second-order valence-corrected chi connectivity index (χ2v) is 7.92. The van der Waals surface area contributed by atoms with Gasteiger partial charge in [-0.2, -0.15) is 0 Å². The fraction of sp³-hybridized carbons (Fsp3) is 0.360. The first-order chi connectivity index (χ1) is 16.7. The molecule has 0 unspecified atom stereocenters. The summed E-state index contributed by atoms with van der Waals surface area (Å²) in [5.41, 5.74) is 0.0201. The van der Waals surface area contributed by atoms with Crippen LogP contribution in [0.25, 0.3) is 0 Å². The van der Waals surface area contributed by atoms with Crippen LogP contribution in [0.4, 0.5) is 13.2 Å². The van der Waals surface area contributed by atoms with Crippen molar-refractivity contribution in [3.8, 4) is 11.5 Å². The highest BCUT2D eigenvalue weighted by Gasteiger charge is 2.49. The minimum atomic E-state index is -4.77. The number of carbonyl (C=O) groups is 1. The van der Waals surface area contributed by atoms with E-state index < -0.39 is 18.0 Å². The number of rotatable bonds is 11. The number of benzene rings is 2. The molecule has 0 bridgehead atoms. The first-order valence-electron chi connectivity index (χ1n) is 11.0.